The van der Waals surface area contributed by atoms with Crippen molar-refractivity contribution in [1.29, 1.82) is 0 Å². The zero-order valence-corrected chi connectivity index (χ0v) is 12.7. The van der Waals surface area contributed by atoms with E-state index in [2.05, 4.69) is 52.0 Å². The van der Waals surface area contributed by atoms with E-state index in [4.69, 9.17) is 9.47 Å². The van der Waals surface area contributed by atoms with E-state index in [1.165, 1.54) is 5.56 Å². The quantitative estimate of drug-likeness (QED) is 0.676. The lowest BCUT2D eigenvalue weighted by Gasteiger charge is -2.26. The van der Waals surface area contributed by atoms with Crippen LogP contribution in [-0.2, 0) is 11.3 Å². The number of methoxy groups -OCH3 is 1. The molecule has 1 rings (SSSR count). The van der Waals surface area contributed by atoms with Gasteiger partial charge in [-0.2, -0.15) is 0 Å². The van der Waals surface area contributed by atoms with Gasteiger partial charge in [-0.25, -0.2) is 0 Å². The third-order valence-electron chi connectivity index (χ3n) is 3.27. The number of ether oxygens (including phenoxy) is 2. The Balaban J connectivity index is 2.60. The summed E-state index contributed by atoms with van der Waals surface area (Å²) in [6.45, 7) is 9.32. The molecule has 0 bridgehead atoms. The minimum absolute atomic E-state index is 0.248. The molecule has 0 heterocycles. The number of rotatable bonds is 7. The van der Waals surface area contributed by atoms with Crippen LogP contribution < -0.4 is 4.74 Å². The lowest BCUT2D eigenvalue weighted by Crippen LogP contribution is -2.26. The highest BCUT2D eigenvalue weighted by Gasteiger charge is 2.19. The van der Waals surface area contributed by atoms with Crippen LogP contribution in [0.25, 0.3) is 0 Å². The van der Waals surface area contributed by atoms with Gasteiger partial charge < -0.3 is 9.47 Å². The van der Waals surface area contributed by atoms with Gasteiger partial charge in [-0.15, -0.1) is 0 Å². The molecule has 0 aliphatic carbocycles. The number of benzene rings is 1. The molecule has 0 amide bonds. The molecule has 19 heavy (non-hydrogen) atoms. The molecule has 0 fully saturated rings. The highest BCUT2D eigenvalue weighted by atomic mass is 16.5. The van der Waals surface area contributed by atoms with Gasteiger partial charge in [0.25, 0.3) is 0 Å². The summed E-state index contributed by atoms with van der Waals surface area (Å²) in [4.78, 5) is 0. The summed E-state index contributed by atoms with van der Waals surface area (Å²) >= 11 is 0. The summed E-state index contributed by atoms with van der Waals surface area (Å²) in [6, 6.07) is 8.05. The standard InChI is InChI=1S/C17H26O2/c1-6-7-14(4)17(13(2)3)19-12-15-8-10-16(18-5)11-9-15/h6-11,13-14,17H,12H2,1-5H3/b7-6+/t14-,17-/m1/s1. The van der Waals surface area contributed by atoms with E-state index in [1.54, 1.807) is 7.11 Å². The van der Waals surface area contributed by atoms with Gasteiger partial charge in [-0.05, 0) is 30.5 Å². The Morgan fingerprint density at radius 2 is 1.74 bits per heavy atom. The largest absolute Gasteiger partial charge is 0.497 e. The molecule has 0 spiro atoms. The van der Waals surface area contributed by atoms with Gasteiger partial charge in [-0.3, -0.25) is 0 Å². The maximum atomic E-state index is 6.09. The first-order valence-electron chi connectivity index (χ1n) is 6.95. The Morgan fingerprint density at radius 3 is 2.21 bits per heavy atom. The zero-order chi connectivity index (χ0) is 14.3. The molecule has 2 nitrogen and oxygen atoms in total. The minimum Gasteiger partial charge on any atom is -0.497 e. The first kappa shape index (κ1) is 15.8. The van der Waals surface area contributed by atoms with Crippen LogP contribution in [0.3, 0.4) is 0 Å². The van der Waals surface area contributed by atoms with E-state index < -0.39 is 0 Å². The fourth-order valence-corrected chi connectivity index (χ4v) is 2.28. The molecule has 1 aromatic rings. The topological polar surface area (TPSA) is 18.5 Å². The second-order valence-corrected chi connectivity index (χ2v) is 5.25. The van der Waals surface area contributed by atoms with Crippen molar-refractivity contribution in [2.45, 2.75) is 40.4 Å². The third-order valence-corrected chi connectivity index (χ3v) is 3.27. The molecule has 2 atom stereocenters. The van der Waals surface area contributed by atoms with Gasteiger partial charge in [0.2, 0.25) is 0 Å². The lowest BCUT2D eigenvalue weighted by molar-refractivity contribution is -0.0117. The van der Waals surface area contributed by atoms with E-state index in [0.717, 1.165) is 5.75 Å². The normalized spacial score (nSPS) is 14.8. The molecule has 0 N–H and O–H groups in total. The maximum Gasteiger partial charge on any atom is 0.118 e. The van der Waals surface area contributed by atoms with Gasteiger partial charge in [0.05, 0.1) is 19.8 Å². The van der Waals surface area contributed by atoms with Crippen LogP contribution in [0.5, 0.6) is 5.75 Å². The minimum atomic E-state index is 0.248. The van der Waals surface area contributed by atoms with E-state index in [0.29, 0.717) is 18.4 Å². The molecule has 0 unspecified atom stereocenters. The molecule has 1 aromatic carbocycles. The summed E-state index contributed by atoms with van der Waals surface area (Å²) in [7, 11) is 1.68. The first-order valence-corrected chi connectivity index (χ1v) is 6.95. The zero-order valence-electron chi connectivity index (χ0n) is 12.7. The molecule has 0 aliphatic heterocycles. The second kappa shape index (κ2) is 8.00. The van der Waals surface area contributed by atoms with E-state index in [-0.39, 0.29) is 6.10 Å². The number of hydrogen-bond acceptors (Lipinski definition) is 2. The van der Waals surface area contributed by atoms with Gasteiger partial charge in [-0.1, -0.05) is 45.1 Å². The maximum absolute atomic E-state index is 6.09. The monoisotopic (exact) mass is 262 g/mol. The predicted molar refractivity (Wildman–Crippen MR) is 80.4 cm³/mol. The lowest BCUT2D eigenvalue weighted by atomic mass is 9.94. The van der Waals surface area contributed by atoms with E-state index in [1.807, 2.05) is 12.1 Å². The SMILES string of the molecule is C/C=C/[C@@H](C)[C@H](OCc1ccc(OC)cc1)C(C)C. The van der Waals surface area contributed by atoms with Crippen molar-refractivity contribution in [2.24, 2.45) is 11.8 Å². The second-order valence-electron chi connectivity index (χ2n) is 5.25. The molecule has 0 saturated carbocycles. The molecule has 0 aliphatic rings. The van der Waals surface area contributed by atoms with Crippen LogP contribution in [0.1, 0.15) is 33.3 Å². The van der Waals surface area contributed by atoms with E-state index >= 15 is 0 Å². The van der Waals surface area contributed by atoms with Crippen molar-refractivity contribution in [3.63, 3.8) is 0 Å². The Hall–Kier alpha value is -1.28. The average molecular weight is 262 g/mol. The predicted octanol–water partition coefficient (Wildman–Crippen LogP) is 4.45. The van der Waals surface area contributed by atoms with Gasteiger partial charge >= 0.3 is 0 Å². The van der Waals surface area contributed by atoms with Crippen LogP contribution in [0.15, 0.2) is 36.4 Å². The van der Waals surface area contributed by atoms with Crippen molar-refractivity contribution in [3.05, 3.63) is 42.0 Å². The fraction of sp³-hybridized carbons (Fsp3) is 0.529. The molecule has 0 saturated heterocycles. The first-order chi connectivity index (χ1) is 9.08. The Morgan fingerprint density at radius 1 is 1.11 bits per heavy atom. The third kappa shape index (κ3) is 5.07. The van der Waals surface area contributed by atoms with Crippen molar-refractivity contribution in [2.75, 3.05) is 7.11 Å². The highest BCUT2D eigenvalue weighted by Crippen LogP contribution is 2.20. The van der Waals surface area contributed by atoms with Crippen molar-refractivity contribution in [3.8, 4) is 5.75 Å². The van der Waals surface area contributed by atoms with Crippen LogP contribution in [0, 0.1) is 11.8 Å². The van der Waals surface area contributed by atoms with Gasteiger partial charge in [0, 0.05) is 5.92 Å². The van der Waals surface area contributed by atoms with Crippen LogP contribution in [0.2, 0.25) is 0 Å². The molecule has 0 aromatic heterocycles. The van der Waals surface area contributed by atoms with Gasteiger partial charge in [0.15, 0.2) is 0 Å². The summed E-state index contributed by atoms with van der Waals surface area (Å²) in [5.41, 5.74) is 1.18. The highest BCUT2D eigenvalue weighted by molar-refractivity contribution is 5.26. The van der Waals surface area contributed by atoms with Crippen molar-refractivity contribution < 1.29 is 9.47 Å². The molecular weight excluding hydrogens is 236 g/mol. The Labute approximate surface area is 117 Å². The Kier molecular flexibility index (Phi) is 6.65. The average Bonchev–Trinajstić information content (AvgIpc) is 2.39. The van der Waals surface area contributed by atoms with E-state index in [9.17, 15) is 0 Å². The molecule has 0 radical (unpaired) electrons. The van der Waals surface area contributed by atoms with Gasteiger partial charge in [0.1, 0.15) is 5.75 Å². The van der Waals surface area contributed by atoms with Crippen molar-refractivity contribution >= 4 is 0 Å². The van der Waals surface area contributed by atoms with Crippen LogP contribution in [0.4, 0.5) is 0 Å². The Bertz CT molecular complexity index is 379. The summed E-state index contributed by atoms with van der Waals surface area (Å²) in [5, 5.41) is 0. The number of hydrogen-bond donors (Lipinski definition) is 0. The fourth-order valence-electron chi connectivity index (χ4n) is 2.28. The summed E-state index contributed by atoms with van der Waals surface area (Å²) in [5.74, 6) is 1.82. The number of allylic oxidation sites excluding steroid dienone is 1. The van der Waals surface area contributed by atoms with Crippen molar-refractivity contribution in [1.82, 2.24) is 0 Å². The summed E-state index contributed by atoms with van der Waals surface area (Å²) in [6.07, 6.45) is 4.55. The smallest absolute Gasteiger partial charge is 0.118 e. The van der Waals surface area contributed by atoms with Crippen LogP contribution >= 0.6 is 0 Å². The summed E-state index contributed by atoms with van der Waals surface area (Å²) < 4.78 is 11.2. The molecule has 106 valence electrons. The molecule has 2 heteroatoms. The molecular formula is C17H26O2. The van der Waals surface area contributed by atoms with Crippen LogP contribution in [-0.4, -0.2) is 13.2 Å².